The van der Waals surface area contributed by atoms with Crippen molar-refractivity contribution in [2.24, 2.45) is 5.11 Å². The highest BCUT2D eigenvalue weighted by Gasteiger charge is 2.59. The zero-order chi connectivity index (χ0) is 66.2. The lowest BCUT2D eigenvalue weighted by atomic mass is 9.93. The van der Waals surface area contributed by atoms with Crippen LogP contribution in [0.15, 0.2) is 5.11 Å². The van der Waals surface area contributed by atoms with Crippen LogP contribution in [0, 0.1) is 0 Å². The van der Waals surface area contributed by atoms with Gasteiger partial charge in [0.1, 0.15) is 152 Å². The highest BCUT2D eigenvalue weighted by molar-refractivity contribution is 5.74. The van der Waals surface area contributed by atoms with Crippen LogP contribution in [-0.2, 0) is 80.7 Å². The van der Waals surface area contributed by atoms with E-state index in [0.29, 0.717) is 0 Å². The van der Waals surface area contributed by atoms with Crippen molar-refractivity contribution >= 4 is 17.7 Å². The second-order valence-electron chi connectivity index (χ2n) is 22.4. The fraction of sp³-hybridized carbons (Fsp3) is 0.940. The monoisotopic (exact) mass is 1310 g/mol. The number of ether oxygens (including phenoxy) is 14. The van der Waals surface area contributed by atoms with Crippen LogP contribution in [0.2, 0.25) is 0 Å². The summed E-state index contributed by atoms with van der Waals surface area (Å²) >= 11 is 0. The lowest BCUT2D eigenvalue weighted by Crippen LogP contribution is -2.71. The molecule has 40 nitrogen and oxygen atoms in total. The van der Waals surface area contributed by atoms with Crippen molar-refractivity contribution in [2.45, 2.75) is 243 Å². The largest absolute Gasteiger partial charge is 0.394 e. The van der Waals surface area contributed by atoms with Crippen LogP contribution >= 0.6 is 0 Å². The smallest absolute Gasteiger partial charge is 0.217 e. The molecule has 0 bridgehead atoms. The van der Waals surface area contributed by atoms with Crippen molar-refractivity contribution in [2.75, 3.05) is 52.8 Å². The zero-order valence-corrected chi connectivity index (χ0v) is 48.9. The average molecular weight is 1310 g/mol. The number of nitrogens with zero attached hydrogens (tertiary/aromatic N) is 3. The molecule has 7 aliphatic heterocycles. The SMILES string of the molecule is CC(=O)NC1[C@H](O[C@@H]2C(O)[C@H](O[C@@H]3C(CO)O[C@@H](O[C@@H]4C(O)[C@H](O[C@@H]5C(CO)O[C@@H](OCCN=[N+]=[N-])C(NC(C)=O)[C@H]5OC5CC(O)[C@H](O)[C@H](C)O5)OC(CO)[C@@H]4O)C(NC(C)=O)[C@H]3O)OC(CO)[C@@H]2O)OC(CO)[C@@H](O[C@@H]2OC(CO)[C@H](O)[C@H](O)C2O)[C@@H]1O. The second kappa shape index (κ2) is 33.2. The predicted octanol–water partition coefficient (Wildman–Crippen LogP) is -12.5. The molecule has 0 aliphatic carbocycles. The number of rotatable bonds is 25. The molecule has 7 fully saturated rings. The first-order valence-corrected chi connectivity index (χ1v) is 28.8. The van der Waals surface area contributed by atoms with Crippen LogP contribution in [0.4, 0.5) is 0 Å². The molecule has 7 heterocycles. The Balaban J connectivity index is 1.12. The summed E-state index contributed by atoms with van der Waals surface area (Å²) in [5, 5.41) is 197. The van der Waals surface area contributed by atoms with E-state index in [1.54, 1.807) is 0 Å². The summed E-state index contributed by atoms with van der Waals surface area (Å²) in [7, 11) is 0. The lowest BCUT2D eigenvalue weighted by molar-refractivity contribution is -0.388. The molecule has 3 amide bonds. The Morgan fingerprint density at radius 2 is 0.800 bits per heavy atom. The van der Waals surface area contributed by atoms with Crippen molar-refractivity contribution in [3.05, 3.63) is 10.4 Å². The van der Waals surface area contributed by atoms with Gasteiger partial charge in [-0.3, -0.25) is 14.4 Å². The van der Waals surface area contributed by atoms with E-state index >= 15 is 0 Å². The number of azide groups is 1. The average Bonchev–Trinajstić information content (AvgIpc) is 0.849. The summed E-state index contributed by atoms with van der Waals surface area (Å²) in [6.07, 6.45) is -56.7. The predicted molar refractivity (Wildman–Crippen MR) is 282 cm³/mol. The maximum absolute atomic E-state index is 12.9. The Morgan fingerprint density at radius 3 is 1.22 bits per heavy atom. The Kier molecular flexibility index (Phi) is 27.3. The first-order valence-electron chi connectivity index (χ1n) is 28.8. The van der Waals surface area contributed by atoms with Crippen LogP contribution in [0.3, 0.4) is 0 Å². The molecule has 518 valence electrons. The third kappa shape index (κ3) is 16.9. The summed E-state index contributed by atoms with van der Waals surface area (Å²) in [4.78, 5) is 40.9. The fourth-order valence-electron chi connectivity index (χ4n) is 11.5. The minimum absolute atomic E-state index is 0.230. The van der Waals surface area contributed by atoms with Crippen LogP contribution in [-0.4, -0.2) is 366 Å². The molecule has 34 atom stereocenters. The molecular weight excluding hydrogens is 1230 g/mol. The molecule has 0 aromatic rings. The molecule has 0 saturated carbocycles. The lowest BCUT2D eigenvalue weighted by Gasteiger charge is -2.51. The Hall–Kier alpha value is -3.52. The molecule has 0 aromatic heterocycles. The van der Waals surface area contributed by atoms with E-state index in [1.165, 1.54) is 6.92 Å². The first-order chi connectivity index (χ1) is 42.7. The number of aliphatic hydroxyl groups excluding tert-OH is 17. The zero-order valence-electron chi connectivity index (χ0n) is 48.9. The molecule has 7 rings (SSSR count). The minimum atomic E-state index is -2.25. The number of amides is 3. The Bertz CT molecular complexity index is 2320. The Labute approximate surface area is 511 Å². The van der Waals surface area contributed by atoms with Crippen LogP contribution < -0.4 is 16.0 Å². The summed E-state index contributed by atoms with van der Waals surface area (Å²) < 4.78 is 83.0. The number of carbonyl (C=O) groups excluding carboxylic acids is 3. The molecule has 0 aromatic carbocycles. The highest BCUT2D eigenvalue weighted by atomic mass is 16.8. The number of hydrogen-bond acceptors (Lipinski definition) is 35. The van der Waals surface area contributed by atoms with E-state index in [9.17, 15) is 101 Å². The molecule has 0 spiro atoms. The van der Waals surface area contributed by atoms with Gasteiger partial charge in [0.2, 0.25) is 17.7 Å². The molecular formula is C50H84N6O34. The van der Waals surface area contributed by atoms with Crippen molar-refractivity contribution in [1.82, 2.24) is 16.0 Å². The van der Waals surface area contributed by atoms with Crippen molar-refractivity contribution in [3.63, 3.8) is 0 Å². The maximum atomic E-state index is 12.9. The number of aliphatic hydroxyl groups is 17. The fourth-order valence-corrected chi connectivity index (χ4v) is 11.5. The molecule has 7 aliphatic rings. The van der Waals surface area contributed by atoms with Gasteiger partial charge in [-0.25, -0.2) is 0 Å². The topological polar surface area (TPSA) is 609 Å². The van der Waals surface area contributed by atoms with E-state index in [1.807, 2.05) is 0 Å². The summed E-state index contributed by atoms with van der Waals surface area (Å²) in [5.74, 6) is -2.43. The standard InChI is InChI=1S/C50H84N6O34/c1-14-29(67)18(66)7-25(78-14)85-42-28(55-17(4)65)45(77-6-5-52-56-51)82-24(13-62)41(42)88-50-38(76)44(32(70)21(10-59)81-50)90-47-27(54-16(3)64)34(72)40(23(12-61)84-47)87-49-37(75)43(31(69)20(9-58)80-49)89-46-26(53-15(2)63)33(71)39(22(11-60)83-46)86-48-36(74)35(73)30(68)19(8-57)79-48/h14,18-50,57-62,66-76H,5-13H2,1-4H3,(H,53,63)(H,54,64)(H,55,65)/t14-,18?,19?,20?,21?,22?,23?,24?,25?,26?,27?,28?,29+,30-,31-,32-,33+,34+,35-,36?,37?,38?,39+,40+,41+,42+,43-,44-,45+,46-,47-,48-,49-,50-/m0/s1. The molecule has 0 radical (unpaired) electrons. The second-order valence-corrected chi connectivity index (χ2v) is 22.4. The first kappa shape index (κ1) is 73.9. The third-order valence-electron chi connectivity index (χ3n) is 16.1. The third-order valence-corrected chi connectivity index (χ3v) is 16.1. The number of carbonyl (C=O) groups is 3. The van der Waals surface area contributed by atoms with E-state index in [-0.39, 0.29) is 19.6 Å². The van der Waals surface area contributed by atoms with Crippen LogP contribution in [0.1, 0.15) is 34.1 Å². The van der Waals surface area contributed by atoms with Gasteiger partial charge < -0.3 is 169 Å². The normalized spacial score (nSPS) is 46.7. The molecule has 7 saturated heterocycles. The van der Waals surface area contributed by atoms with Gasteiger partial charge in [0.25, 0.3) is 0 Å². The molecule has 40 heteroatoms. The summed E-state index contributed by atoms with van der Waals surface area (Å²) in [6, 6.07) is -5.05. The molecule has 14 unspecified atom stereocenters. The van der Waals surface area contributed by atoms with Gasteiger partial charge in [-0.15, -0.1) is 0 Å². The number of nitrogens with one attached hydrogen (secondary N) is 3. The van der Waals surface area contributed by atoms with Gasteiger partial charge >= 0.3 is 0 Å². The van der Waals surface area contributed by atoms with Gasteiger partial charge in [-0.2, -0.15) is 0 Å². The minimum Gasteiger partial charge on any atom is -0.394 e. The highest BCUT2D eigenvalue weighted by Crippen LogP contribution is 2.38. The summed E-state index contributed by atoms with van der Waals surface area (Å²) in [6.45, 7) is -1.97. The van der Waals surface area contributed by atoms with Gasteiger partial charge in [-0.1, -0.05) is 5.11 Å². The number of hydrogen-bond donors (Lipinski definition) is 20. The van der Waals surface area contributed by atoms with Gasteiger partial charge in [0, 0.05) is 38.6 Å². The molecule has 20 N–H and O–H groups in total. The molecule has 90 heavy (non-hydrogen) atoms. The van der Waals surface area contributed by atoms with Gasteiger partial charge in [0.15, 0.2) is 44.0 Å². The van der Waals surface area contributed by atoms with Crippen molar-refractivity contribution in [1.29, 1.82) is 0 Å². The van der Waals surface area contributed by atoms with E-state index in [4.69, 9.17) is 71.8 Å². The van der Waals surface area contributed by atoms with E-state index < -0.39 is 266 Å². The van der Waals surface area contributed by atoms with E-state index in [2.05, 4.69) is 26.0 Å². The van der Waals surface area contributed by atoms with Crippen LogP contribution in [0.5, 0.6) is 0 Å². The van der Waals surface area contributed by atoms with Crippen molar-refractivity contribution < 1.29 is 168 Å². The van der Waals surface area contributed by atoms with Gasteiger partial charge in [0.05, 0.1) is 58.5 Å². The Morgan fingerprint density at radius 1 is 0.422 bits per heavy atom. The quantitative estimate of drug-likeness (QED) is 0.0175. The van der Waals surface area contributed by atoms with Crippen molar-refractivity contribution in [3.8, 4) is 0 Å². The summed E-state index contributed by atoms with van der Waals surface area (Å²) in [5.41, 5.74) is 8.83. The maximum Gasteiger partial charge on any atom is 0.217 e. The van der Waals surface area contributed by atoms with E-state index in [0.717, 1.165) is 20.8 Å². The van der Waals surface area contributed by atoms with Gasteiger partial charge in [-0.05, 0) is 12.5 Å². The van der Waals surface area contributed by atoms with Crippen LogP contribution in [0.25, 0.3) is 10.4 Å².